The molecule has 1 aliphatic heterocycles. The van der Waals surface area contributed by atoms with E-state index in [0.717, 1.165) is 24.8 Å². The van der Waals surface area contributed by atoms with Crippen molar-refractivity contribution in [2.45, 2.75) is 32.9 Å². The molecule has 1 aromatic heterocycles. The molecule has 2 rings (SSSR count). The van der Waals surface area contributed by atoms with E-state index in [1.54, 1.807) is 6.20 Å². The number of rotatable bonds is 2. The fourth-order valence-electron chi connectivity index (χ4n) is 1.99. The SMILES string of the molecule is CC1CCN(Cc2cnc(N)o2)C1C. The third-order valence-electron chi connectivity index (χ3n) is 3.20. The van der Waals surface area contributed by atoms with Crippen molar-refractivity contribution in [1.82, 2.24) is 9.88 Å². The second kappa shape index (κ2) is 3.61. The van der Waals surface area contributed by atoms with Crippen molar-refractivity contribution in [3.05, 3.63) is 12.0 Å². The van der Waals surface area contributed by atoms with Crippen LogP contribution in [0.4, 0.5) is 6.01 Å². The number of likely N-dealkylation sites (tertiary alicyclic amines) is 1. The summed E-state index contributed by atoms with van der Waals surface area (Å²) in [6.07, 6.45) is 2.98. The fourth-order valence-corrected chi connectivity index (χ4v) is 1.99. The van der Waals surface area contributed by atoms with Gasteiger partial charge in [0.2, 0.25) is 0 Å². The summed E-state index contributed by atoms with van der Waals surface area (Å²) in [5, 5.41) is 0. The number of hydrogen-bond acceptors (Lipinski definition) is 4. The second-order valence-corrected chi connectivity index (χ2v) is 4.14. The van der Waals surface area contributed by atoms with Gasteiger partial charge in [-0.3, -0.25) is 4.90 Å². The summed E-state index contributed by atoms with van der Waals surface area (Å²) in [5.41, 5.74) is 5.42. The van der Waals surface area contributed by atoms with Crippen molar-refractivity contribution in [1.29, 1.82) is 0 Å². The van der Waals surface area contributed by atoms with Crippen LogP contribution in [-0.2, 0) is 6.54 Å². The predicted octanol–water partition coefficient (Wildman–Crippen LogP) is 1.49. The zero-order valence-corrected chi connectivity index (χ0v) is 8.73. The Labute approximate surface area is 84.1 Å². The first-order valence-electron chi connectivity index (χ1n) is 5.11. The lowest BCUT2D eigenvalue weighted by atomic mass is 10.1. The summed E-state index contributed by atoms with van der Waals surface area (Å²) in [6.45, 7) is 6.52. The Balaban J connectivity index is 1.98. The summed E-state index contributed by atoms with van der Waals surface area (Å²) in [7, 11) is 0. The average molecular weight is 195 g/mol. The molecule has 1 aliphatic rings. The lowest BCUT2D eigenvalue weighted by Gasteiger charge is -2.21. The number of nitrogens with zero attached hydrogens (tertiary/aromatic N) is 2. The standard InChI is InChI=1S/C10H17N3O/c1-7-3-4-13(8(7)2)6-9-5-12-10(11)14-9/h5,7-8H,3-4,6H2,1-2H3,(H2,11,12). The molecule has 1 fully saturated rings. The Morgan fingerprint density at radius 1 is 1.64 bits per heavy atom. The van der Waals surface area contributed by atoms with Crippen LogP contribution in [0.5, 0.6) is 0 Å². The molecular weight excluding hydrogens is 178 g/mol. The van der Waals surface area contributed by atoms with Crippen LogP contribution < -0.4 is 5.73 Å². The van der Waals surface area contributed by atoms with Gasteiger partial charge in [-0.2, -0.15) is 0 Å². The number of nitrogens with two attached hydrogens (primary N) is 1. The van der Waals surface area contributed by atoms with Gasteiger partial charge in [-0.1, -0.05) is 6.92 Å². The highest BCUT2D eigenvalue weighted by Crippen LogP contribution is 2.25. The normalized spacial score (nSPS) is 28.4. The molecule has 1 saturated heterocycles. The molecular formula is C10H17N3O. The Morgan fingerprint density at radius 3 is 2.93 bits per heavy atom. The quantitative estimate of drug-likeness (QED) is 0.776. The van der Waals surface area contributed by atoms with Crippen LogP contribution in [0.2, 0.25) is 0 Å². The van der Waals surface area contributed by atoms with Gasteiger partial charge in [0.25, 0.3) is 6.01 Å². The van der Waals surface area contributed by atoms with E-state index in [1.807, 2.05) is 0 Å². The van der Waals surface area contributed by atoms with E-state index in [0.29, 0.717) is 6.04 Å². The van der Waals surface area contributed by atoms with Gasteiger partial charge in [0, 0.05) is 6.04 Å². The molecule has 78 valence electrons. The highest BCUT2D eigenvalue weighted by Gasteiger charge is 2.27. The van der Waals surface area contributed by atoms with Gasteiger partial charge in [0.15, 0.2) is 0 Å². The Hall–Kier alpha value is -1.03. The van der Waals surface area contributed by atoms with E-state index in [1.165, 1.54) is 6.42 Å². The molecule has 0 aromatic carbocycles. The van der Waals surface area contributed by atoms with Crippen molar-refractivity contribution in [2.75, 3.05) is 12.3 Å². The third-order valence-corrected chi connectivity index (χ3v) is 3.20. The Kier molecular flexibility index (Phi) is 2.46. The zero-order valence-electron chi connectivity index (χ0n) is 8.73. The number of nitrogen functional groups attached to an aromatic ring is 1. The molecule has 2 heterocycles. The van der Waals surface area contributed by atoms with E-state index in [9.17, 15) is 0 Å². The smallest absolute Gasteiger partial charge is 0.292 e. The molecule has 0 radical (unpaired) electrons. The van der Waals surface area contributed by atoms with E-state index in [4.69, 9.17) is 10.2 Å². The molecule has 0 amide bonds. The maximum atomic E-state index is 5.42. The van der Waals surface area contributed by atoms with Crippen molar-refractivity contribution >= 4 is 6.01 Å². The molecule has 0 aliphatic carbocycles. The summed E-state index contributed by atoms with van der Waals surface area (Å²) >= 11 is 0. The molecule has 4 nitrogen and oxygen atoms in total. The van der Waals surface area contributed by atoms with Crippen LogP contribution in [0.1, 0.15) is 26.0 Å². The molecule has 2 unspecified atom stereocenters. The minimum absolute atomic E-state index is 0.264. The van der Waals surface area contributed by atoms with Crippen LogP contribution in [-0.4, -0.2) is 22.5 Å². The first-order chi connectivity index (χ1) is 6.66. The number of aromatic nitrogens is 1. The molecule has 0 bridgehead atoms. The van der Waals surface area contributed by atoms with E-state index >= 15 is 0 Å². The largest absolute Gasteiger partial charge is 0.428 e. The van der Waals surface area contributed by atoms with E-state index < -0.39 is 0 Å². The third kappa shape index (κ3) is 1.75. The first kappa shape index (κ1) is 9.52. The molecule has 1 aromatic rings. The Morgan fingerprint density at radius 2 is 2.43 bits per heavy atom. The van der Waals surface area contributed by atoms with Gasteiger partial charge in [-0.05, 0) is 25.8 Å². The van der Waals surface area contributed by atoms with Crippen LogP contribution in [0, 0.1) is 5.92 Å². The van der Waals surface area contributed by atoms with Crippen molar-refractivity contribution in [3.8, 4) is 0 Å². The zero-order chi connectivity index (χ0) is 10.1. The number of hydrogen-bond donors (Lipinski definition) is 1. The highest BCUT2D eigenvalue weighted by molar-refractivity contribution is 5.11. The lowest BCUT2D eigenvalue weighted by Crippen LogP contribution is -2.28. The monoisotopic (exact) mass is 195 g/mol. The van der Waals surface area contributed by atoms with Crippen LogP contribution in [0.25, 0.3) is 0 Å². The van der Waals surface area contributed by atoms with Crippen molar-refractivity contribution in [3.63, 3.8) is 0 Å². The molecule has 2 N–H and O–H groups in total. The van der Waals surface area contributed by atoms with Crippen molar-refractivity contribution < 1.29 is 4.42 Å². The van der Waals surface area contributed by atoms with Crippen LogP contribution in [0.15, 0.2) is 10.6 Å². The molecule has 4 heteroatoms. The molecule has 14 heavy (non-hydrogen) atoms. The van der Waals surface area contributed by atoms with Gasteiger partial charge in [-0.25, -0.2) is 4.98 Å². The van der Waals surface area contributed by atoms with Gasteiger partial charge in [0.05, 0.1) is 12.7 Å². The molecule has 0 spiro atoms. The summed E-state index contributed by atoms with van der Waals surface area (Å²) in [6, 6.07) is 0.890. The lowest BCUT2D eigenvalue weighted by molar-refractivity contribution is 0.222. The van der Waals surface area contributed by atoms with Gasteiger partial charge >= 0.3 is 0 Å². The van der Waals surface area contributed by atoms with Gasteiger partial charge in [-0.15, -0.1) is 0 Å². The van der Waals surface area contributed by atoms with Gasteiger partial charge in [0.1, 0.15) is 5.76 Å². The Bertz CT molecular complexity index is 310. The molecule has 2 atom stereocenters. The number of oxazole rings is 1. The maximum absolute atomic E-state index is 5.42. The molecule has 0 saturated carbocycles. The minimum atomic E-state index is 0.264. The maximum Gasteiger partial charge on any atom is 0.292 e. The summed E-state index contributed by atoms with van der Waals surface area (Å²) < 4.78 is 5.25. The summed E-state index contributed by atoms with van der Waals surface area (Å²) in [4.78, 5) is 6.29. The minimum Gasteiger partial charge on any atom is -0.428 e. The predicted molar refractivity (Wildman–Crippen MR) is 54.6 cm³/mol. The first-order valence-corrected chi connectivity index (χ1v) is 5.11. The fraction of sp³-hybridized carbons (Fsp3) is 0.700. The number of anilines is 1. The second-order valence-electron chi connectivity index (χ2n) is 4.14. The van der Waals surface area contributed by atoms with Crippen LogP contribution in [0.3, 0.4) is 0 Å². The highest BCUT2D eigenvalue weighted by atomic mass is 16.4. The van der Waals surface area contributed by atoms with Crippen molar-refractivity contribution in [2.24, 2.45) is 5.92 Å². The van der Waals surface area contributed by atoms with Gasteiger partial charge < -0.3 is 10.2 Å². The summed E-state index contributed by atoms with van der Waals surface area (Å²) in [5.74, 6) is 1.64. The van der Waals surface area contributed by atoms with E-state index in [2.05, 4.69) is 23.7 Å². The van der Waals surface area contributed by atoms with E-state index in [-0.39, 0.29) is 6.01 Å². The topological polar surface area (TPSA) is 55.3 Å². The average Bonchev–Trinajstić information content (AvgIpc) is 2.67. The van der Waals surface area contributed by atoms with Crippen LogP contribution >= 0.6 is 0 Å².